The molecule has 0 radical (unpaired) electrons. The van der Waals surface area contributed by atoms with Crippen molar-refractivity contribution in [2.45, 2.75) is 52.2 Å². The van der Waals surface area contributed by atoms with Crippen molar-refractivity contribution in [3.63, 3.8) is 0 Å². The van der Waals surface area contributed by atoms with E-state index in [9.17, 15) is 9.59 Å². The highest BCUT2D eigenvalue weighted by atomic mass is 16.5. The van der Waals surface area contributed by atoms with Gasteiger partial charge in [-0.3, -0.25) is 14.5 Å². The van der Waals surface area contributed by atoms with E-state index >= 15 is 0 Å². The predicted molar refractivity (Wildman–Crippen MR) is 135 cm³/mol. The lowest BCUT2D eigenvalue weighted by Gasteiger charge is -2.31. The van der Waals surface area contributed by atoms with Crippen LogP contribution in [0.15, 0.2) is 42.5 Å². The molecule has 6 heteroatoms. The minimum absolute atomic E-state index is 0.0987. The summed E-state index contributed by atoms with van der Waals surface area (Å²) in [5.41, 5.74) is 4.68. The Morgan fingerprint density at radius 1 is 1.09 bits per heavy atom. The third-order valence-electron chi connectivity index (χ3n) is 6.94. The van der Waals surface area contributed by atoms with Gasteiger partial charge in [-0.05, 0) is 81.5 Å². The average Bonchev–Trinajstić information content (AvgIpc) is 3.25. The van der Waals surface area contributed by atoms with Crippen LogP contribution >= 0.6 is 0 Å². The monoisotopic (exact) mass is 463 g/mol. The maximum absolute atomic E-state index is 13.1. The van der Waals surface area contributed by atoms with E-state index in [4.69, 9.17) is 4.74 Å². The first kappa shape index (κ1) is 24.4. The van der Waals surface area contributed by atoms with Gasteiger partial charge < -0.3 is 15.0 Å². The second kappa shape index (κ2) is 11.2. The van der Waals surface area contributed by atoms with E-state index in [1.54, 1.807) is 0 Å². The Labute approximate surface area is 203 Å². The molecule has 2 amide bonds. The maximum atomic E-state index is 13.1. The maximum Gasteiger partial charge on any atom is 0.254 e. The number of nitrogens with zero attached hydrogens (tertiary/aromatic N) is 2. The molecule has 1 saturated heterocycles. The fourth-order valence-electron chi connectivity index (χ4n) is 4.88. The van der Waals surface area contributed by atoms with Gasteiger partial charge in [-0.1, -0.05) is 24.3 Å². The zero-order valence-corrected chi connectivity index (χ0v) is 20.7. The molecule has 0 spiro atoms. The van der Waals surface area contributed by atoms with Gasteiger partial charge in [-0.15, -0.1) is 0 Å². The van der Waals surface area contributed by atoms with Gasteiger partial charge in [-0.25, -0.2) is 0 Å². The van der Waals surface area contributed by atoms with Crippen molar-refractivity contribution >= 4 is 11.8 Å². The van der Waals surface area contributed by atoms with Crippen molar-refractivity contribution in [3.8, 4) is 11.1 Å². The van der Waals surface area contributed by atoms with Crippen LogP contribution in [-0.4, -0.2) is 73.1 Å². The van der Waals surface area contributed by atoms with Gasteiger partial charge in [0.25, 0.3) is 11.8 Å². The van der Waals surface area contributed by atoms with Gasteiger partial charge in [0, 0.05) is 43.3 Å². The van der Waals surface area contributed by atoms with E-state index in [0.29, 0.717) is 24.8 Å². The van der Waals surface area contributed by atoms with E-state index in [0.717, 1.165) is 54.9 Å². The van der Waals surface area contributed by atoms with Crippen molar-refractivity contribution in [3.05, 3.63) is 59.2 Å². The Bertz CT molecular complexity index is 1000. The van der Waals surface area contributed by atoms with E-state index in [1.165, 1.54) is 12.8 Å². The SMILES string of the molecule is CC(C)OCCNC(=O)c1ccc(-c2ccc3c(c2)CCN(CCN2CCC[C@H]2C)C3=O)cc1. The highest BCUT2D eigenvalue weighted by molar-refractivity contribution is 5.97. The van der Waals surface area contributed by atoms with Crippen molar-refractivity contribution in [2.75, 3.05) is 39.3 Å². The highest BCUT2D eigenvalue weighted by Gasteiger charge is 2.26. The number of ether oxygens (including phenoxy) is 1. The largest absolute Gasteiger partial charge is 0.377 e. The van der Waals surface area contributed by atoms with Crippen LogP contribution in [0.1, 0.15) is 59.9 Å². The lowest BCUT2D eigenvalue weighted by Crippen LogP contribution is -2.43. The van der Waals surface area contributed by atoms with Crippen molar-refractivity contribution in [1.82, 2.24) is 15.1 Å². The van der Waals surface area contributed by atoms with Crippen LogP contribution in [0, 0.1) is 0 Å². The standard InChI is InChI=1S/C28H37N3O3/c1-20(2)34-18-13-29-27(32)23-8-6-22(7-9-23)24-10-11-26-25(19-24)12-15-31(28(26)33)17-16-30-14-4-5-21(30)3/h6-11,19-21H,4-5,12-18H2,1-3H3,(H,29,32)/t21-/m1/s1. The van der Waals surface area contributed by atoms with Crippen LogP contribution in [0.3, 0.4) is 0 Å². The molecule has 0 aromatic heterocycles. The van der Waals surface area contributed by atoms with Gasteiger partial charge in [0.05, 0.1) is 12.7 Å². The highest BCUT2D eigenvalue weighted by Crippen LogP contribution is 2.27. The molecule has 2 aliphatic rings. The minimum Gasteiger partial charge on any atom is -0.377 e. The van der Waals surface area contributed by atoms with E-state index in [-0.39, 0.29) is 17.9 Å². The molecule has 6 nitrogen and oxygen atoms in total. The van der Waals surface area contributed by atoms with Crippen LogP contribution in [0.4, 0.5) is 0 Å². The number of amides is 2. The first-order chi connectivity index (χ1) is 16.4. The average molecular weight is 464 g/mol. The van der Waals surface area contributed by atoms with Crippen molar-refractivity contribution in [1.29, 1.82) is 0 Å². The normalized spacial score (nSPS) is 18.4. The van der Waals surface area contributed by atoms with Gasteiger partial charge >= 0.3 is 0 Å². The summed E-state index contributed by atoms with van der Waals surface area (Å²) < 4.78 is 5.46. The fraction of sp³-hybridized carbons (Fsp3) is 0.500. The molecule has 34 heavy (non-hydrogen) atoms. The smallest absolute Gasteiger partial charge is 0.254 e. The molecule has 2 aliphatic heterocycles. The van der Waals surface area contributed by atoms with E-state index in [1.807, 2.05) is 55.1 Å². The molecule has 2 aromatic carbocycles. The van der Waals surface area contributed by atoms with Gasteiger partial charge in [0.2, 0.25) is 0 Å². The van der Waals surface area contributed by atoms with Crippen molar-refractivity contribution < 1.29 is 14.3 Å². The number of hydrogen-bond donors (Lipinski definition) is 1. The second-order valence-corrected chi connectivity index (χ2v) is 9.69. The first-order valence-electron chi connectivity index (χ1n) is 12.6. The predicted octanol–water partition coefficient (Wildman–Crippen LogP) is 3.99. The number of fused-ring (bicyclic) bond motifs is 1. The third kappa shape index (κ3) is 5.86. The number of benzene rings is 2. The summed E-state index contributed by atoms with van der Waals surface area (Å²) in [6, 6.07) is 14.4. The Morgan fingerprint density at radius 3 is 2.56 bits per heavy atom. The zero-order chi connectivity index (χ0) is 24.1. The topological polar surface area (TPSA) is 61.9 Å². The molecule has 1 fully saturated rings. The quantitative estimate of drug-likeness (QED) is 0.571. The molecule has 1 N–H and O–H groups in total. The van der Waals surface area contributed by atoms with E-state index < -0.39 is 0 Å². The van der Waals surface area contributed by atoms with Gasteiger partial charge in [0.15, 0.2) is 0 Å². The number of likely N-dealkylation sites (tertiary alicyclic amines) is 1. The minimum atomic E-state index is -0.0987. The summed E-state index contributed by atoms with van der Waals surface area (Å²) in [5.74, 6) is 0.0477. The molecular weight excluding hydrogens is 426 g/mol. The number of nitrogens with one attached hydrogen (secondary N) is 1. The zero-order valence-electron chi connectivity index (χ0n) is 20.7. The molecule has 2 heterocycles. The molecule has 0 bridgehead atoms. The van der Waals surface area contributed by atoms with Crippen LogP contribution < -0.4 is 5.32 Å². The molecular formula is C28H37N3O3. The number of hydrogen-bond acceptors (Lipinski definition) is 4. The number of rotatable bonds is 9. The third-order valence-corrected chi connectivity index (χ3v) is 6.94. The summed E-state index contributed by atoms with van der Waals surface area (Å²) in [6.45, 7) is 10.9. The van der Waals surface area contributed by atoms with E-state index in [2.05, 4.69) is 23.2 Å². The van der Waals surface area contributed by atoms with Crippen LogP contribution in [-0.2, 0) is 11.2 Å². The Kier molecular flexibility index (Phi) is 8.01. The fourth-order valence-corrected chi connectivity index (χ4v) is 4.88. The summed E-state index contributed by atoms with van der Waals surface area (Å²) >= 11 is 0. The summed E-state index contributed by atoms with van der Waals surface area (Å²) in [6.07, 6.45) is 3.56. The molecule has 0 aliphatic carbocycles. The Morgan fingerprint density at radius 2 is 1.85 bits per heavy atom. The lowest BCUT2D eigenvalue weighted by molar-refractivity contribution is 0.0716. The molecule has 4 rings (SSSR count). The molecule has 1 atom stereocenters. The van der Waals surface area contributed by atoms with Gasteiger partial charge in [0.1, 0.15) is 0 Å². The molecule has 0 saturated carbocycles. The Balaban J connectivity index is 1.35. The lowest BCUT2D eigenvalue weighted by atomic mass is 9.93. The van der Waals surface area contributed by atoms with Gasteiger partial charge in [-0.2, -0.15) is 0 Å². The summed E-state index contributed by atoms with van der Waals surface area (Å²) in [7, 11) is 0. The Hall–Kier alpha value is -2.70. The molecule has 0 unspecified atom stereocenters. The van der Waals surface area contributed by atoms with Crippen LogP contribution in [0.5, 0.6) is 0 Å². The van der Waals surface area contributed by atoms with Crippen molar-refractivity contribution in [2.24, 2.45) is 0 Å². The summed E-state index contributed by atoms with van der Waals surface area (Å²) in [4.78, 5) is 29.9. The molecule has 182 valence electrons. The number of carbonyl (C=O) groups is 2. The summed E-state index contributed by atoms with van der Waals surface area (Å²) in [5, 5.41) is 2.88. The van der Waals surface area contributed by atoms with Crippen LogP contribution in [0.25, 0.3) is 11.1 Å². The second-order valence-electron chi connectivity index (χ2n) is 9.69. The first-order valence-corrected chi connectivity index (χ1v) is 12.6. The molecule has 2 aromatic rings. The van der Waals surface area contributed by atoms with Crippen LogP contribution in [0.2, 0.25) is 0 Å². The number of carbonyl (C=O) groups excluding carboxylic acids is 2.